The largest absolute Gasteiger partial charge is 0.336 e. The summed E-state index contributed by atoms with van der Waals surface area (Å²) >= 11 is 5.34. The van der Waals surface area contributed by atoms with E-state index >= 15 is 0 Å². The number of nitrogens with one attached hydrogen (secondary N) is 1. The molecule has 1 aliphatic carbocycles. The molecule has 0 aromatic heterocycles. The van der Waals surface area contributed by atoms with Crippen molar-refractivity contribution in [2.45, 2.75) is 71.6 Å². The standard InChI is InChI=1S/C13H27N5S/c1-9(2)18(14)11(19)15-13(6,10-7-8-10)17-16-12(3,4)5/h9-10H,7-8,14H2,1-6H3,(H,15,19)/b17-16+. The van der Waals surface area contributed by atoms with Crippen LogP contribution in [0.25, 0.3) is 0 Å². The summed E-state index contributed by atoms with van der Waals surface area (Å²) in [6.07, 6.45) is 2.31. The van der Waals surface area contributed by atoms with Crippen LogP contribution in [0.2, 0.25) is 0 Å². The van der Waals surface area contributed by atoms with Gasteiger partial charge in [-0.2, -0.15) is 10.2 Å². The highest BCUT2D eigenvalue weighted by Crippen LogP contribution is 2.41. The van der Waals surface area contributed by atoms with Crippen LogP contribution in [-0.2, 0) is 0 Å². The Hall–Kier alpha value is -0.750. The zero-order valence-corrected chi connectivity index (χ0v) is 13.7. The van der Waals surface area contributed by atoms with Gasteiger partial charge in [0.05, 0.1) is 5.54 Å². The molecule has 0 heterocycles. The van der Waals surface area contributed by atoms with Crippen LogP contribution in [0.3, 0.4) is 0 Å². The van der Waals surface area contributed by atoms with Crippen molar-refractivity contribution in [3.05, 3.63) is 0 Å². The Balaban J connectivity index is 2.78. The number of hydrogen-bond donors (Lipinski definition) is 2. The second-order valence-corrected chi connectivity index (χ2v) is 7.11. The molecule has 110 valence electrons. The number of nitrogens with zero attached hydrogens (tertiary/aromatic N) is 3. The van der Waals surface area contributed by atoms with Gasteiger partial charge in [-0.15, -0.1) is 0 Å². The number of rotatable bonds is 4. The normalized spacial score (nSPS) is 19.6. The number of hydrogen-bond acceptors (Lipinski definition) is 4. The van der Waals surface area contributed by atoms with Crippen molar-refractivity contribution in [2.75, 3.05) is 0 Å². The van der Waals surface area contributed by atoms with Crippen LogP contribution < -0.4 is 11.2 Å². The predicted molar refractivity (Wildman–Crippen MR) is 82.6 cm³/mol. The smallest absolute Gasteiger partial charge is 0.185 e. The van der Waals surface area contributed by atoms with Crippen LogP contribution in [0.5, 0.6) is 0 Å². The van der Waals surface area contributed by atoms with Crippen molar-refractivity contribution in [3.8, 4) is 0 Å². The molecular formula is C13H27N5S. The van der Waals surface area contributed by atoms with Crippen LogP contribution in [0.15, 0.2) is 10.2 Å². The van der Waals surface area contributed by atoms with Crippen LogP contribution >= 0.6 is 12.2 Å². The number of thiocarbonyl (C=S) groups is 1. The summed E-state index contributed by atoms with van der Waals surface area (Å²) in [5.74, 6) is 6.41. The number of azo groups is 1. The van der Waals surface area contributed by atoms with Gasteiger partial charge < -0.3 is 5.32 Å². The first kappa shape index (κ1) is 16.3. The molecule has 0 amide bonds. The van der Waals surface area contributed by atoms with Gasteiger partial charge >= 0.3 is 0 Å². The van der Waals surface area contributed by atoms with Crippen LogP contribution in [0.4, 0.5) is 0 Å². The van der Waals surface area contributed by atoms with Crippen molar-refractivity contribution >= 4 is 17.3 Å². The Labute approximate surface area is 122 Å². The summed E-state index contributed by atoms with van der Waals surface area (Å²) in [6, 6.07) is 0.156. The van der Waals surface area contributed by atoms with E-state index in [4.69, 9.17) is 18.1 Å². The Bertz CT molecular complexity index is 357. The predicted octanol–water partition coefficient (Wildman–Crippen LogP) is 2.82. The van der Waals surface area contributed by atoms with Crippen LogP contribution in [0.1, 0.15) is 54.4 Å². The quantitative estimate of drug-likeness (QED) is 0.361. The highest BCUT2D eigenvalue weighted by atomic mass is 32.1. The third kappa shape index (κ3) is 5.03. The molecule has 0 aliphatic heterocycles. The van der Waals surface area contributed by atoms with Crippen molar-refractivity contribution < 1.29 is 0 Å². The first-order valence-electron chi connectivity index (χ1n) is 6.85. The average molecular weight is 285 g/mol. The molecular weight excluding hydrogens is 258 g/mol. The Morgan fingerprint density at radius 1 is 1.26 bits per heavy atom. The van der Waals surface area contributed by atoms with E-state index in [1.165, 1.54) is 0 Å². The molecule has 1 aliphatic rings. The van der Waals surface area contributed by atoms with E-state index in [2.05, 4.69) is 15.5 Å². The topological polar surface area (TPSA) is 66.0 Å². The van der Waals surface area contributed by atoms with E-state index in [-0.39, 0.29) is 11.6 Å². The monoisotopic (exact) mass is 285 g/mol. The highest BCUT2D eigenvalue weighted by molar-refractivity contribution is 7.80. The van der Waals surface area contributed by atoms with Gasteiger partial charge in [0.1, 0.15) is 0 Å². The van der Waals surface area contributed by atoms with Gasteiger partial charge in [0.15, 0.2) is 10.8 Å². The van der Waals surface area contributed by atoms with Crippen molar-refractivity contribution in [2.24, 2.45) is 22.0 Å². The molecule has 19 heavy (non-hydrogen) atoms. The first-order valence-corrected chi connectivity index (χ1v) is 7.26. The molecule has 0 spiro atoms. The van der Waals surface area contributed by atoms with Crippen molar-refractivity contribution in [1.29, 1.82) is 0 Å². The summed E-state index contributed by atoms with van der Waals surface area (Å²) in [4.78, 5) is 0. The Kier molecular flexibility index (Phi) is 4.90. The summed E-state index contributed by atoms with van der Waals surface area (Å²) in [6.45, 7) is 12.1. The lowest BCUT2D eigenvalue weighted by molar-refractivity contribution is 0.300. The van der Waals surface area contributed by atoms with Crippen molar-refractivity contribution in [1.82, 2.24) is 10.3 Å². The summed E-state index contributed by atoms with van der Waals surface area (Å²) in [5, 5.41) is 14.3. The minimum atomic E-state index is -0.448. The van der Waals surface area contributed by atoms with Gasteiger partial charge in [0, 0.05) is 12.0 Å². The number of nitrogens with two attached hydrogens (primary N) is 1. The summed E-state index contributed by atoms with van der Waals surface area (Å²) < 4.78 is 0. The minimum absolute atomic E-state index is 0.156. The SMILES string of the molecule is CC(C)N(N)C(=S)NC(C)(/N=N/C(C)(C)C)C1CC1. The lowest BCUT2D eigenvalue weighted by Crippen LogP contribution is -2.55. The second-order valence-electron chi connectivity index (χ2n) is 6.72. The van der Waals surface area contributed by atoms with E-state index < -0.39 is 5.66 Å². The maximum atomic E-state index is 5.93. The third-order valence-corrected chi connectivity index (χ3v) is 3.39. The Morgan fingerprint density at radius 2 is 1.79 bits per heavy atom. The fourth-order valence-corrected chi connectivity index (χ4v) is 2.04. The van der Waals surface area contributed by atoms with E-state index in [9.17, 15) is 0 Å². The zero-order chi connectivity index (χ0) is 14.8. The fourth-order valence-electron chi connectivity index (χ4n) is 1.62. The summed E-state index contributed by atoms with van der Waals surface area (Å²) in [7, 11) is 0. The van der Waals surface area contributed by atoms with Crippen molar-refractivity contribution in [3.63, 3.8) is 0 Å². The van der Waals surface area contributed by atoms with Gasteiger partial charge in [-0.3, -0.25) is 5.01 Å². The molecule has 0 bridgehead atoms. The van der Waals surface area contributed by atoms with Crippen LogP contribution in [-0.4, -0.2) is 27.4 Å². The number of hydrazine groups is 1. The van der Waals surface area contributed by atoms with Gasteiger partial charge in [-0.05, 0) is 66.6 Å². The molecule has 0 aromatic carbocycles. The third-order valence-electron chi connectivity index (χ3n) is 3.08. The molecule has 0 saturated heterocycles. The lowest BCUT2D eigenvalue weighted by atomic mass is 10.1. The molecule has 0 radical (unpaired) electrons. The van der Waals surface area contributed by atoms with Gasteiger partial charge in [0.2, 0.25) is 0 Å². The minimum Gasteiger partial charge on any atom is -0.336 e. The van der Waals surface area contributed by atoms with E-state index in [1.54, 1.807) is 5.01 Å². The summed E-state index contributed by atoms with van der Waals surface area (Å²) in [5.41, 5.74) is -0.628. The molecule has 0 aromatic rings. The molecule has 1 saturated carbocycles. The van der Waals surface area contributed by atoms with Gasteiger partial charge in [-0.1, -0.05) is 0 Å². The molecule has 1 atom stereocenters. The zero-order valence-electron chi connectivity index (χ0n) is 12.9. The first-order chi connectivity index (χ1) is 8.55. The second kappa shape index (κ2) is 5.71. The average Bonchev–Trinajstić information content (AvgIpc) is 3.08. The maximum absolute atomic E-state index is 5.93. The Morgan fingerprint density at radius 3 is 2.16 bits per heavy atom. The molecule has 1 unspecified atom stereocenters. The molecule has 1 fully saturated rings. The van der Waals surface area contributed by atoms with E-state index in [1.807, 2.05) is 41.5 Å². The van der Waals surface area contributed by atoms with Gasteiger partial charge in [-0.25, -0.2) is 5.84 Å². The van der Waals surface area contributed by atoms with E-state index in [0.717, 1.165) is 12.8 Å². The lowest BCUT2D eigenvalue weighted by Gasteiger charge is -2.32. The molecule has 6 heteroatoms. The maximum Gasteiger partial charge on any atom is 0.185 e. The van der Waals surface area contributed by atoms with E-state index in [0.29, 0.717) is 11.0 Å². The molecule has 1 rings (SSSR count). The fraction of sp³-hybridized carbons (Fsp3) is 0.923. The molecule has 3 N–H and O–H groups in total. The van der Waals surface area contributed by atoms with Gasteiger partial charge in [0.25, 0.3) is 0 Å². The molecule has 5 nitrogen and oxygen atoms in total. The van der Waals surface area contributed by atoms with Crippen LogP contribution in [0, 0.1) is 5.92 Å². The highest BCUT2D eigenvalue weighted by Gasteiger charge is 2.43.